The van der Waals surface area contributed by atoms with Crippen LogP contribution in [0.4, 0.5) is 34.1 Å². The van der Waals surface area contributed by atoms with Gasteiger partial charge >= 0.3 is 0 Å². The van der Waals surface area contributed by atoms with Crippen LogP contribution < -0.4 is 9.80 Å². The van der Waals surface area contributed by atoms with Crippen LogP contribution >= 0.6 is 0 Å². The van der Waals surface area contributed by atoms with Crippen LogP contribution in [0, 0.1) is 20.2 Å². The fourth-order valence-corrected chi connectivity index (χ4v) is 19.7. The highest BCUT2D eigenvalue weighted by Crippen LogP contribution is 2.57. The van der Waals surface area contributed by atoms with Crippen LogP contribution in [-0.2, 0) is 60.4 Å². The average Bonchev–Trinajstić information content (AvgIpc) is 1.58. The fraction of sp³-hybridized carbons (Fsp3) is 0.200. The number of non-ortho nitro benzene ring substituents is 2. The number of nitrogens with zero attached hydrogens (tertiary/aromatic N) is 6. The molecular formula is C100H90N6O4+2. The standard InChI is InChI=1S/C100H90N6O4/c1-7-99(65-71-33-19-13-20-34-71)85-57-51-75-37-23-25-39-81(75)95(85)101(9-3)91(99)43-27-41-89-97(5,63-69-29-15-11-16-30-69)93-83-61-79(105(107)108)55-49-77(83)53-59-87(93)103(89)67-73-45-47-74(48-46-73)68-104-88-60-54-78-50-56-80(106(109)110)62-84(78)94(88)98(6,64-70-31-17-12-18-32-70)90(104)42-28-44-92-100(8-2,66-72-35-21-14-22-36-72)86-58-52-76-38-24-26-40-82(76)96(86)102(92)10-4/h11-62H,7-10,63-68H2,1-6H3/q+2. The smallest absolute Gasteiger partial charge is 0.270 e. The van der Waals surface area contributed by atoms with Gasteiger partial charge in [0.1, 0.15) is 0 Å². The van der Waals surface area contributed by atoms with E-state index in [1.165, 1.54) is 66.6 Å². The molecule has 13 aromatic rings. The van der Waals surface area contributed by atoms with Gasteiger partial charge in [-0.3, -0.25) is 20.2 Å². The number of hydrogen-bond acceptors (Lipinski definition) is 6. The van der Waals surface area contributed by atoms with Crippen molar-refractivity contribution in [2.75, 3.05) is 22.9 Å². The average molecular weight is 1440 g/mol. The Morgan fingerprint density at radius 1 is 0.364 bits per heavy atom. The monoisotopic (exact) mass is 1440 g/mol. The predicted octanol–water partition coefficient (Wildman–Crippen LogP) is 23.5. The highest BCUT2D eigenvalue weighted by molar-refractivity contribution is 6.10. The molecule has 10 nitrogen and oxygen atoms in total. The van der Waals surface area contributed by atoms with E-state index in [4.69, 9.17) is 0 Å². The minimum atomic E-state index is -0.674. The van der Waals surface area contributed by atoms with Gasteiger partial charge in [0, 0.05) is 117 Å². The van der Waals surface area contributed by atoms with Crippen LogP contribution in [0.3, 0.4) is 0 Å². The molecule has 4 aliphatic heterocycles. The van der Waals surface area contributed by atoms with E-state index in [0.29, 0.717) is 25.9 Å². The van der Waals surface area contributed by atoms with Crippen LogP contribution in [0.2, 0.25) is 0 Å². The third-order valence-corrected chi connectivity index (χ3v) is 24.8. The minimum absolute atomic E-state index is 0.0590. The molecule has 0 aliphatic carbocycles. The van der Waals surface area contributed by atoms with Crippen LogP contribution in [0.5, 0.6) is 0 Å². The first-order valence-electron chi connectivity index (χ1n) is 39.0. The molecule has 17 rings (SSSR count). The maximum Gasteiger partial charge on any atom is 0.270 e. The Morgan fingerprint density at radius 2 is 0.691 bits per heavy atom. The zero-order valence-electron chi connectivity index (χ0n) is 63.4. The summed E-state index contributed by atoms with van der Waals surface area (Å²) >= 11 is 0. The van der Waals surface area contributed by atoms with E-state index in [1.807, 2.05) is 12.1 Å². The Balaban J connectivity index is 0.822. The second-order valence-corrected chi connectivity index (χ2v) is 30.9. The number of anilines is 2. The molecule has 110 heavy (non-hydrogen) atoms. The van der Waals surface area contributed by atoms with Crippen LogP contribution in [0.1, 0.15) is 110 Å². The molecule has 0 N–H and O–H groups in total. The molecule has 542 valence electrons. The van der Waals surface area contributed by atoms with Crippen molar-refractivity contribution < 1.29 is 19.0 Å². The Morgan fingerprint density at radius 3 is 1.05 bits per heavy atom. The summed E-state index contributed by atoms with van der Waals surface area (Å²) in [6.45, 7) is 16.5. The van der Waals surface area contributed by atoms with Gasteiger partial charge in [0.25, 0.3) is 11.4 Å². The summed E-state index contributed by atoms with van der Waals surface area (Å²) in [5, 5.41) is 34.3. The van der Waals surface area contributed by atoms with Crippen molar-refractivity contribution in [3.63, 3.8) is 0 Å². The van der Waals surface area contributed by atoms with E-state index < -0.39 is 10.8 Å². The number of hydrogen-bond donors (Lipinski definition) is 0. The molecule has 4 atom stereocenters. The van der Waals surface area contributed by atoms with Crippen LogP contribution in [0.25, 0.3) is 43.1 Å². The quantitative estimate of drug-likeness (QED) is 0.0381. The number of allylic oxidation sites excluding steroid dienone is 8. The maximum absolute atomic E-state index is 12.8. The van der Waals surface area contributed by atoms with Gasteiger partial charge in [-0.25, -0.2) is 0 Å². The second-order valence-electron chi connectivity index (χ2n) is 30.9. The first-order valence-corrected chi connectivity index (χ1v) is 39.0. The van der Waals surface area contributed by atoms with Crippen molar-refractivity contribution in [3.8, 4) is 0 Å². The first kappa shape index (κ1) is 70.6. The molecule has 0 bridgehead atoms. The van der Waals surface area contributed by atoms with Gasteiger partial charge in [0.15, 0.2) is 24.5 Å². The third kappa shape index (κ3) is 11.9. The summed E-state index contributed by atoms with van der Waals surface area (Å²) in [5.74, 6) is 0. The van der Waals surface area contributed by atoms with E-state index >= 15 is 0 Å². The Kier molecular flexibility index (Phi) is 18.4. The summed E-state index contributed by atoms with van der Waals surface area (Å²) in [6.07, 6.45) is 18.8. The molecule has 0 radical (unpaired) electrons. The van der Waals surface area contributed by atoms with Crippen LogP contribution in [0.15, 0.2) is 327 Å². The molecule has 13 aromatic carbocycles. The molecular weight excluding hydrogens is 1350 g/mol. The van der Waals surface area contributed by atoms with E-state index in [2.05, 4.69) is 340 Å². The van der Waals surface area contributed by atoms with Gasteiger partial charge in [-0.2, -0.15) is 9.15 Å². The molecule has 0 fully saturated rings. The lowest BCUT2D eigenvalue weighted by Crippen LogP contribution is -2.34. The zero-order valence-corrected chi connectivity index (χ0v) is 63.4. The number of benzene rings is 13. The predicted molar refractivity (Wildman–Crippen MR) is 453 cm³/mol. The van der Waals surface area contributed by atoms with Gasteiger partial charge in [-0.1, -0.05) is 244 Å². The topological polar surface area (TPSA) is 98.8 Å². The molecule has 10 heteroatoms. The second kappa shape index (κ2) is 28.6. The lowest BCUT2D eigenvalue weighted by molar-refractivity contribution is -0.455. The number of likely N-dealkylation sites (N-methyl/N-ethyl adjacent to an activating group) is 2. The van der Waals surface area contributed by atoms with Crippen molar-refractivity contribution >= 4 is 88.6 Å². The van der Waals surface area contributed by atoms with Crippen molar-refractivity contribution in [2.24, 2.45) is 0 Å². The maximum atomic E-state index is 12.8. The number of rotatable bonds is 22. The summed E-state index contributed by atoms with van der Waals surface area (Å²) < 4.78 is 4.96. The van der Waals surface area contributed by atoms with E-state index in [1.54, 1.807) is 24.3 Å². The highest BCUT2D eigenvalue weighted by Gasteiger charge is 2.53. The van der Waals surface area contributed by atoms with E-state index in [0.717, 1.165) is 116 Å². The number of fused-ring (bicyclic) bond motifs is 12. The summed E-state index contributed by atoms with van der Waals surface area (Å²) in [4.78, 5) is 30.3. The number of nitro groups is 2. The Labute approximate surface area is 644 Å². The molecule has 0 aromatic heterocycles. The number of nitro benzene ring substituents is 2. The Hall–Kier alpha value is -12.4. The molecule has 4 aliphatic rings. The lowest BCUT2D eigenvalue weighted by atomic mass is 9.72. The summed E-state index contributed by atoms with van der Waals surface area (Å²) in [5.41, 5.74) is 19.3. The van der Waals surface area contributed by atoms with Crippen molar-refractivity contribution in [1.82, 2.24) is 0 Å². The van der Waals surface area contributed by atoms with Crippen molar-refractivity contribution in [1.29, 1.82) is 0 Å². The van der Waals surface area contributed by atoms with Gasteiger partial charge in [-0.15, -0.1) is 0 Å². The van der Waals surface area contributed by atoms with E-state index in [9.17, 15) is 20.2 Å². The molecule has 4 unspecified atom stereocenters. The SMILES string of the molecule is CCN1C(=CC=CC2=[N+](Cc3ccc(C[N+]4=C(C=CC=C5N(CC)c6c(ccc7ccccc67)C5(CC)Cc5ccccc5)C(C)(Cc5ccccc5)c5c4ccc4ccc([N+](=O)[O-])cc54)cc3)c3ccc4ccc([N+](=O)[O-])cc4c3C2(C)Cc2ccccc2)C(CC)(Cc2ccccc2)c2ccc3ccccc3c21. The molecule has 0 amide bonds. The largest absolute Gasteiger partial charge is 0.344 e. The molecule has 4 heterocycles. The highest BCUT2D eigenvalue weighted by atomic mass is 16.6. The molecule has 0 saturated heterocycles. The van der Waals surface area contributed by atoms with Gasteiger partial charge < -0.3 is 9.80 Å². The summed E-state index contributed by atoms with van der Waals surface area (Å²) in [7, 11) is 0. The van der Waals surface area contributed by atoms with Gasteiger partial charge in [0.2, 0.25) is 11.4 Å². The zero-order chi connectivity index (χ0) is 75.5. The minimum Gasteiger partial charge on any atom is -0.344 e. The fourth-order valence-electron chi connectivity index (χ4n) is 19.7. The Bertz CT molecular complexity index is 5650. The van der Waals surface area contributed by atoms with Gasteiger partial charge in [0.05, 0.1) is 32.1 Å². The lowest BCUT2D eigenvalue weighted by Gasteiger charge is -2.33. The van der Waals surface area contributed by atoms with Crippen molar-refractivity contribution in [2.45, 2.75) is 115 Å². The summed E-state index contributed by atoms with van der Waals surface area (Å²) in [6, 6.07) is 98.6. The normalized spacial score (nSPS) is 20.1. The molecule has 0 spiro atoms. The van der Waals surface area contributed by atoms with E-state index in [-0.39, 0.29) is 32.1 Å². The van der Waals surface area contributed by atoms with Crippen LogP contribution in [-0.4, -0.2) is 43.5 Å². The molecule has 0 saturated carbocycles. The first-order chi connectivity index (χ1) is 53.7. The third-order valence-electron chi connectivity index (χ3n) is 24.8. The van der Waals surface area contributed by atoms with Gasteiger partial charge in [-0.05, 0) is 168 Å². The van der Waals surface area contributed by atoms with Crippen molar-refractivity contribution in [3.05, 3.63) is 403 Å².